The summed E-state index contributed by atoms with van der Waals surface area (Å²) in [6, 6.07) is 6.68. The zero-order chi connectivity index (χ0) is 15.4. The minimum Gasteiger partial charge on any atom is -0.481 e. The molecule has 6 heteroatoms. The Bertz CT molecular complexity index is 534. The van der Waals surface area contributed by atoms with Crippen LogP contribution in [0.2, 0.25) is 0 Å². The molecule has 2 atom stereocenters. The number of aryl methyl sites for hydroxylation is 1. The molecule has 0 aromatic heterocycles. The van der Waals surface area contributed by atoms with Crippen molar-refractivity contribution in [2.45, 2.75) is 26.0 Å². The molecule has 1 N–H and O–H groups in total. The molecule has 1 heterocycles. The second kappa shape index (κ2) is 6.85. The number of ether oxygens (including phenoxy) is 1. The Balaban J connectivity index is 2.05. The Hall–Kier alpha value is -1.69. The third kappa shape index (κ3) is 3.91. The quantitative estimate of drug-likeness (QED) is 0.918. The zero-order valence-electron chi connectivity index (χ0n) is 12.1. The number of carbonyl (C=O) groups excluding carboxylic acids is 1. The molecule has 1 aromatic rings. The summed E-state index contributed by atoms with van der Waals surface area (Å²) < 4.78 is 5.65. The number of nitrogens with zero attached hydrogens (tertiary/aromatic N) is 1. The van der Waals surface area contributed by atoms with E-state index in [1.807, 2.05) is 25.1 Å². The predicted molar refractivity (Wildman–Crippen MR) is 81.7 cm³/mol. The zero-order valence-corrected chi connectivity index (χ0v) is 12.9. The van der Waals surface area contributed by atoms with Crippen LogP contribution >= 0.6 is 11.8 Å². The molecule has 1 amide bonds. The Morgan fingerprint density at radius 3 is 2.90 bits per heavy atom. The minimum atomic E-state index is -0.960. The van der Waals surface area contributed by atoms with E-state index in [4.69, 9.17) is 4.74 Å². The molecule has 21 heavy (non-hydrogen) atoms. The molecule has 2 rings (SSSR count). The van der Waals surface area contributed by atoms with Crippen LogP contribution in [0, 0.1) is 6.92 Å². The number of hydrogen-bond acceptors (Lipinski definition) is 4. The number of hydrogen-bond donors (Lipinski definition) is 1. The fourth-order valence-electron chi connectivity index (χ4n) is 2.25. The van der Waals surface area contributed by atoms with Gasteiger partial charge in [-0.3, -0.25) is 4.79 Å². The van der Waals surface area contributed by atoms with Crippen molar-refractivity contribution in [3.63, 3.8) is 0 Å². The average molecular weight is 309 g/mol. The van der Waals surface area contributed by atoms with E-state index in [0.717, 1.165) is 11.3 Å². The van der Waals surface area contributed by atoms with Gasteiger partial charge in [0.05, 0.1) is 0 Å². The number of rotatable bonds is 4. The van der Waals surface area contributed by atoms with E-state index >= 15 is 0 Å². The van der Waals surface area contributed by atoms with Gasteiger partial charge in [0, 0.05) is 18.1 Å². The van der Waals surface area contributed by atoms with Crippen molar-refractivity contribution in [3.8, 4) is 5.75 Å². The number of aliphatic carboxylic acids is 1. The predicted octanol–water partition coefficient (Wildman–Crippen LogP) is 1.79. The molecule has 0 bridgehead atoms. The van der Waals surface area contributed by atoms with Crippen LogP contribution in [0.15, 0.2) is 24.3 Å². The summed E-state index contributed by atoms with van der Waals surface area (Å²) in [5.74, 6) is 0.571. The molecule has 1 aromatic carbocycles. The lowest BCUT2D eigenvalue weighted by Crippen LogP contribution is -2.53. The van der Waals surface area contributed by atoms with Crippen molar-refractivity contribution >= 4 is 23.6 Å². The topological polar surface area (TPSA) is 66.8 Å². The van der Waals surface area contributed by atoms with Crippen LogP contribution in [0.25, 0.3) is 0 Å². The molecule has 0 spiro atoms. The Morgan fingerprint density at radius 1 is 1.48 bits per heavy atom. The first-order valence-corrected chi connectivity index (χ1v) is 7.99. The third-order valence-corrected chi connectivity index (χ3v) is 4.37. The van der Waals surface area contributed by atoms with E-state index in [1.165, 1.54) is 4.90 Å². The number of benzene rings is 1. The number of carboxylic acid groups (broad SMARTS) is 1. The summed E-state index contributed by atoms with van der Waals surface area (Å²) in [4.78, 5) is 25.1. The fourth-order valence-corrected chi connectivity index (χ4v) is 3.29. The summed E-state index contributed by atoms with van der Waals surface area (Å²) in [6.45, 7) is 4.05. The van der Waals surface area contributed by atoms with Crippen LogP contribution in [0.5, 0.6) is 5.75 Å². The molecule has 0 radical (unpaired) electrons. The maximum atomic E-state index is 12.4. The molecule has 1 aliphatic rings. The van der Waals surface area contributed by atoms with E-state index in [9.17, 15) is 14.7 Å². The van der Waals surface area contributed by atoms with E-state index in [-0.39, 0.29) is 5.91 Å². The highest BCUT2D eigenvalue weighted by atomic mass is 32.2. The summed E-state index contributed by atoms with van der Waals surface area (Å²) in [5, 5.41) is 9.22. The van der Waals surface area contributed by atoms with Crippen molar-refractivity contribution in [3.05, 3.63) is 29.8 Å². The van der Waals surface area contributed by atoms with Crippen molar-refractivity contribution in [2.24, 2.45) is 0 Å². The smallest absolute Gasteiger partial charge is 0.327 e. The largest absolute Gasteiger partial charge is 0.481 e. The van der Waals surface area contributed by atoms with Gasteiger partial charge in [-0.2, -0.15) is 11.8 Å². The van der Waals surface area contributed by atoms with Crippen LogP contribution < -0.4 is 4.74 Å². The standard InChI is InChI=1S/C15H19NO4S/c1-10-4-3-5-12(8-10)20-11(2)14(17)16-6-7-21-9-13(16)15(18)19/h3-5,8,11,13H,6-7,9H2,1-2H3,(H,18,19). The average Bonchev–Trinajstić information content (AvgIpc) is 2.46. The number of carboxylic acids is 1. The Labute approximate surface area is 128 Å². The second-order valence-electron chi connectivity index (χ2n) is 5.04. The van der Waals surface area contributed by atoms with E-state index < -0.39 is 18.1 Å². The van der Waals surface area contributed by atoms with Crippen LogP contribution in [0.1, 0.15) is 12.5 Å². The monoisotopic (exact) mass is 309 g/mol. The molecule has 0 saturated carbocycles. The van der Waals surface area contributed by atoms with Crippen LogP contribution in [0.4, 0.5) is 0 Å². The lowest BCUT2D eigenvalue weighted by Gasteiger charge is -2.34. The fraction of sp³-hybridized carbons (Fsp3) is 0.467. The van der Waals surface area contributed by atoms with Gasteiger partial charge in [-0.25, -0.2) is 4.79 Å². The van der Waals surface area contributed by atoms with Crippen LogP contribution in [0.3, 0.4) is 0 Å². The van der Waals surface area contributed by atoms with Gasteiger partial charge in [0.2, 0.25) is 0 Å². The molecule has 114 valence electrons. The number of thioether (sulfide) groups is 1. The van der Waals surface area contributed by atoms with Crippen LogP contribution in [-0.2, 0) is 9.59 Å². The van der Waals surface area contributed by atoms with Gasteiger partial charge in [-0.1, -0.05) is 12.1 Å². The maximum Gasteiger partial charge on any atom is 0.327 e. The van der Waals surface area contributed by atoms with Gasteiger partial charge in [-0.05, 0) is 31.5 Å². The minimum absolute atomic E-state index is 0.274. The van der Waals surface area contributed by atoms with Crippen molar-refractivity contribution < 1.29 is 19.4 Å². The van der Waals surface area contributed by atoms with Gasteiger partial charge in [-0.15, -0.1) is 0 Å². The van der Waals surface area contributed by atoms with Crippen molar-refractivity contribution in [1.29, 1.82) is 0 Å². The molecule has 1 fully saturated rings. The van der Waals surface area contributed by atoms with Gasteiger partial charge < -0.3 is 14.7 Å². The summed E-state index contributed by atoms with van der Waals surface area (Å²) >= 11 is 1.55. The van der Waals surface area contributed by atoms with E-state index in [2.05, 4.69) is 0 Å². The third-order valence-electron chi connectivity index (χ3n) is 3.35. The van der Waals surface area contributed by atoms with Gasteiger partial charge >= 0.3 is 5.97 Å². The highest BCUT2D eigenvalue weighted by Gasteiger charge is 2.35. The Morgan fingerprint density at radius 2 is 2.24 bits per heavy atom. The van der Waals surface area contributed by atoms with Gasteiger partial charge in [0.1, 0.15) is 11.8 Å². The van der Waals surface area contributed by atoms with Crippen molar-refractivity contribution in [1.82, 2.24) is 4.90 Å². The molecule has 1 aliphatic heterocycles. The van der Waals surface area contributed by atoms with Crippen LogP contribution in [-0.4, -0.2) is 52.1 Å². The first-order valence-electron chi connectivity index (χ1n) is 6.83. The summed E-state index contributed by atoms with van der Waals surface area (Å²) in [5.41, 5.74) is 1.05. The second-order valence-corrected chi connectivity index (χ2v) is 6.19. The number of amides is 1. The Kier molecular flexibility index (Phi) is 5.12. The molecular formula is C15H19NO4S. The first kappa shape index (κ1) is 15.7. The number of carbonyl (C=O) groups is 2. The van der Waals surface area contributed by atoms with E-state index in [0.29, 0.717) is 18.0 Å². The first-order chi connectivity index (χ1) is 9.99. The maximum absolute atomic E-state index is 12.4. The highest BCUT2D eigenvalue weighted by molar-refractivity contribution is 7.99. The molecule has 2 unspecified atom stereocenters. The lowest BCUT2D eigenvalue weighted by molar-refractivity contribution is -0.152. The molecule has 0 aliphatic carbocycles. The molecular weight excluding hydrogens is 290 g/mol. The SMILES string of the molecule is Cc1cccc(OC(C)C(=O)N2CCSCC2C(=O)O)c1. The lowest BCUT2D eigenvalue weighted by atomic mass is 10.2. The van der Waals surface area contributed by atoms with Gasteiger partial charge in [0.15, 0.2) is 6.10 Å². The summed E-state index contributed by atoms with van der Waals surface area (Å²) in [7, 11) is 0. The van der Waals surface area contributed by atoms with Gasteiger partial charge in [0.25, 0.3) is 5.91 Å². The molecule has 5 nitrogen and oxygen atoms in total. The summed E-state index contributed by atoms with van der Waals surface area (Å²) in [6.07, 6.45) is -0.697. The highest BCUT2D eigenvalue weighted by Crippen LogP contribution is 2.20. The van der Waals surface area contributed by atoms with E-state index in [1.54, 1.807) is 24.8 Å². The normalized spacial score (nSPS) is 19.9. The molecule has 1 saturated heterocycles. The van der Waals surface area contributed by atoms with Crippen molar-refractivity contribution in [2.75, 3.05) is 18.1 Å².